The highest BCUT2D eigenvalue weighted by Gasteiger charge is 2.27. The van der Waals surface area contributed by atoms with Gasteiger partial charge in [-0.1, -0.05) is 60.2 Å². The molecule has 1 amide bonds. The summed E-state index contributed by atoms with van der Waals surface area (Å²) in [5.41, 5.74) is 3.23. The van der Waals surface area contributed by atoms with Crippen LogP contribution < -0.4 is 10.6 Å². The van der Waals surface area contributed by atoms with Crippen LogP contribution in [0.1, 0.15) is 29.5 Å². The minimum atomic E-state index is -1.09. The summed E-state index contributed by atoms with van der Waals surface area (Å²) in [6, 6.07) is 15.6. The predicted molar refractivity (Wildman–Crippen MR) is 118 cm³/mol. The third-order valence-electron chi connectivity index (χ3n) is 4.93. The fraction of sp³-hybridized carbons (Fsp3) is 0.375. The zero-order valence-electron chi connectivity index (χ0n) is 18.0. The van der Waals surface area contributed by atoms with E-state index in [2.05, 4.69) is 22.8 Å². The van der Waals surface area contributed by atoms with E-state index < -0.39 is 29.9 Å². The number of hydrogen-bond donors (Lipinski definition) is 3. The van der Waals surface area contributed by atoms with Crippen LogP contribution in [0.3, 0.4) is 0 Å². The molecule has 3 N–H and O–H groups in total. The highest BCUT2D eigenvalue weighted by molar-refractivity contribution is 5.90. The fourth-order valence-electron chi connectivity index (χ4n) is 3.21. The van der Waals surface area contributed by atoms with Crippen LogP contribution in [0.5, 0.6) is 0 Å². The molecule has 0 heterocycles. The van der Waals surface area contributed by atoms with E-state index in [1.165, 1.54) is 18.2 Å². The molecule has 7 heteroatoms. The van der Waals surface area contributed by atoms with Gasteiger partial charge in [0.2, 0.25) is 5.91 Å². The molecule has 0 saturated heterocycles. The summed E-state index contributed by atoms with van der Waals surface area (Å²) >= 11 is 0. The van der Waals surface area contributed by atoms with Crippen molar-refractivity contribution >= 4 is 17.8 Å². The first-order valence-electron chi connectivity index (χ1n) is 10.3. The summed E-state index contributed by atoms with van der Waals surface area (Å²) in [6.07, 6.45) is 1.44. The summed E-state index contributed by atoms with van der Waals surface area (Å²) < 4.78 is 4.81. The van der Waals surface area contributed by atoms with Gasteiger partial charge in [-0.05, 0) is 37.4 Å². The number of carbonyl (C=O) groups is 3. The molecule has 0 fully saturated rings. The number of carbonyl (C=O) groups excluding carboxylic acids is 2. The summed E-state index contributed by atoms with van der Waals surface area (Å²) in [7, 11) is 1.25. The number of esters is 1. The predicted octanol–water partition coefficient (Wildman–Crippen LogP) is 2.26. The maximum atomic E-state index is 12.8. The lowest BCUT2D eigenvalue weighted by Crippen LogP contribution is -2.52. The van der Waals surface area contributed by atoms with Gasteiger partial charge < -0.3 is 20.5 Å². The highest BCUT2D eigenvalue weighted by Crippen LogP contribution is 2.07. The second kappa shape index (κ2) is 12.5. The maximum absolute atomic E-state index is 12.8. The SMILES string of the molecule is COC(=O)[C@H](Cc1ccccc1)NC(=O)[C@H](CC(=O)O)NCCCc1ccc(C)cc1. The number of nitrogens with one attached hydrogen (secondary N) is 2. The molecular formula is C24H30N2O5. The molecule has 166 valence electrons. The van der Waals surface area contributed by atoms with Crippen LogP contribution in [-0.4, -0.2) is 48.7 Å². The lowest BCUT2D eigenvalue weighted by Gasteiger charge is -2.21. The van der Waals surface area contributed by atoms with Gasteiger partial charge in [0.15, 0.2) is 0 Å². The van der Waals surface area contributed by atoms with Gasteiger partial charge in [0.25, 0.3) is 0 Å². The van der Waals surface area contributed by atoms with Crippen LogP contribution >= 0.6 is 0 Å². The topological polar surface area (TPSA) is 105 Å². The Morgan fingerprint density at radius 1 is 0.968 bits per heavy atom. The molecule has 2 aromatic rings. The molecule has 0 aliphatic carbocycles. The van der Waals surface area contributed by atoms with E-state index in [4.69, 9.17) is 4.74 Å². The van der Waals surface area contributed by atoms with E-state index in [1.54, 1.807) is 0 Å². The van der Waals surface area contributed by atoms with Crippen LogP contribution in [0.4, 0.5) is 0 Å². The Labute approximate surface area is 182 Å². The van der Waals surface area contributed by atoms with E-state index in [-0.39, 0.29) is 12.8 Å². The number of rotatable bonds is 12. The number of carboxylic acid groups (broad SMARTS) is 1. The van der Waals surface area contributed by atoms with Crippen molar-refractivity contribution < 1.29 is 24.2 Å². The van der Waals surface area contributed by atoms with Gasteiger partial charge >= 0.3 is 11.9 Å². The average Bonchev–Trinajstić information content (AvgIpc) is 2.76. The first-order valence-corrected chi connectivity index (χ1v) is 10.3. The second-order valence-corrected chi connectivity index (χ2v) is 7.47. The summed E-state index contributed by atoms with van der Waals surface area (Å²) in [6.45, 7) is 2.50. The van der Waals surface area contributed by atoms with Crippen molar-refractivity contribution in [2.24, 2.45) is 0 Å². The number of methoxy groups -OCH3 is 1. The van der Waals surface area contributed by atoms with Gasteiger partial charge in [0.1, 0.15) is 6.04 Å². The third kappa shape index (κ3) is 8.60. The molecule has 0 aromatic heterocycles. The number of hydrogen-bond acceptors (Lipinski definition) is 5. The first-order chi connectivity index (χ1) is 14.9. The van der Waals surface area contributed by atoms with Gasteiger partial charge in [-0.2, -0.15) is 0 Å². The van der Waals surface area contributed by atoms with Gasteiger partial charge in [0.05, 0.1) is 19.6 Å². The Kier molecular flexibility index (Phi) is 9.71. The number of carboxylic acids is 1. The monoisotopic (exact) mass is 426 g/mol. The Bertz CT molecular complexity index is 852. The summed E-state index contributed by atoms with van der Waals surface area (Å²) in [5, 5.41) is 14.9. The molecule has 0 spiro atoms. The van der Waals surface area contributed by atoms with Crippen LogP contribution in [-0.2, 0) is 32.0 Å². The molecule has 7 nitrogen and oxygen atoms in total. The lowest BCUT2D eigenvalue weighted by molar-refractivity contribution is -0.145. The van der Waals surface area contributed by atoms with Crippen molar-refractivity contribution in [3.05, 3.63) is 71.3 Å². The average molecular weight is 427 g/mol. The molecule has 0 aliphatic heterocycles. The quantitative estimate of drug-likeness (QED) is 0.355. The molecule has 0 aliphatic rings. The van der Waals surface area contributed by atoms with Crippen molar-refractivity contribution in [3.63, 3.8) is 0 Å². The molecule has 0 radical (unpaired) electrons. The Morgan fingerprint density at radius 3 is 2.26 bits per heavy atom. The summed E-state index contributed by atoms with van der Waals surface area (Å²) in [4.78, 5) is 36.2. The molecule has 0 bridgehead atoms. The van der Waals surface area contributed by atoms with Gasteiger partial charge in [-0.15, -0.1) is 0 Å². The van der Waals surface area contributed by atoms with Crippen LogP contribution in [0, 0.1) is 6.92 Å². The zero-order valence-corrected chi connectivity index (χ0v) is 18.0. The van der Waals surface area contributed by atoms with Crippen molar-refractivity contribution in [3.8, 4) is 0 Å². The summed E-state index contributed by atoms with van der Waals surface area (Å²) in [5.74, 6) is -2.21. The van der Waals surface area contributed by atoms with Crippen molar-refractivity contribution in [1.82, 2.24) is 10.6 Å². The van der Waals surface area contributed by atoms with Gasteiger partial charge in [0, 0.05) is 6.42 Å². The Morgan fingerprint density at radius 2 is 1.65 bits per heavy atom. The lowest BCUT2D eigenvalue weighted by atomic mass is 10.0. The van der Waals surface area contributed by atoms with Crippen LogP contribution in [0.2, 0.25) is 0 Å². The molecule has 2 aromatic carbocycles. The minimum Gasteiger partial charge on any atom is -0.481 e. The number of benzene rings is 2. The number of aryl methyl sites for hydroxylation is 2. The van der Waals surface area contributed by atoms with E-state index in [0.717, 1.165) is 18.4 Å². The normalized spacial score (nSPS) is 12.6. The molecule has 0 saturated carbocycles. The fourth-order valence-corrected chi connectivity index (χ4v) is 3.21. The zero-order chi connectivity index (χ0) is 22.6. The molecule has 31 heavy (non-hydrogen) atoms. The van der Waals surface area contributed by atoms with Crippen molar-refractivity contribution in [1.29, 1.82) is 0 Å². The van der Waals surface area contributed by atoms with Crippen LogP contribution in [0.15, 0.2) is 54.6 Å². The highest BCUT2D eigenvalue weighted by atomic mass is 16.5. The second-order valence-electron chi connectivity index (χ2n) is 7.47. The van der Waals surface area contributed by atoms with Crippen LogP contribution in [0.25, 0.3) is 0 Å². The maximum Gasteiger partial charge on any atom is 0.328 e. The Hall–Kier alpha value is -3.19. The van der Waals surface area contributed by atoms with E-state index in [1.807, 2.05) is 49.4 Å². The first kappa shape index (κ1) is 24.1. The Balaban J connectivity index is 1.94. The van der Waals surface area contributed by atoms with Crippen molar-refractivity contribution in [2.75, 3.05) is 13.7 Å². The molecular weight excluding hydrogens is 396 g/mol. The van der Waals surface area contributed by atoms with Crippen molar-refractivity contribution in [2.45, 2.75) is 44.7 Å². The largest absolute Gasteiger partial charge is 0.481 e. The number of ether oxygens (including phenoxy) is 1. The standard InChI is InChI=1S/C24H30N2O5/c1-17-10-12-18(13-11-17)9-6-14-25-20(16-22(27)28)23(29)26-21(24(30)31-2)15-19-7-4-3-5-8-19/h3-5,7-8,10-13,20-21,25H,6,9,14-16H2,1-2H3,(H,26,29)(H,27,28)/t20-,21-/m0/s1. The van der Waals surface area contributed by atoms with Gasteiger partial charge in [-0.25, -0.2) is 4.79 Å². The number of aliphatic carboxylic acids is 1. The minimum absolute atomic E-state index is 0.256. The van der Waals surface area contributed by atoms with E-state index in [9.17, 15) is 19.5 Å². The molecule has 0 unspecified atom stereocenters. The van der Waals surface area contributed by atoms with E-state index in [0.29, 0.717) is 6.54 Å². The smallest absolute Gasteiger partial charge is 0.328 e. The van der Waals surface area contributed by atoms with E-state index >= 15 is 0 Å². The molecule has 2 atom stereocenters. The third-order valence-corrected chi connectivity index (χ3v) is 4.93. The van der Waals surface area contributed by atoms with Gasteiger partial charge in [-0.3, -0.25) is 9.59 Å². The molecule has 2 rings (SSSR count). The number of amides is 1.